The second kappa shape index (κ2) is 8.30. The Labute approximate surface area is 186 Å². The Balaban J connectivity index is 1.68. The van der Waals surface area contributed by atoms with E-state index in [1.54, 1.807) is 0 Å². The van der Waals surface area contributed by atoms with Crippen molar-refractivity contribution in [2.24, 2.45) is 7.05 Å². The molecule has 0 unspecified atom stereocenters. The number of pyridine rings is 1. The highest BCUT2D eigenvalue weighted by molar-refractivity contribution is 5.95. The van der Waals surface area contributed by atoms with Crippen LogP contribution < -0.4 is 4.57 Å². The van der Waals surface area contributed by atoms with Gasteiger partial charge in [-0.1, -0.05) is 73.9 Å². The third kappa shape index (κ3) is 3.78. The van der Waals surface area contributed by atoms with Crippen LogP contribution in [-0.4, -0.2) is 0 Å². The number of fused-ring (bicyclic) bond motifs is 1. The second-order valence-corrected chi connectivity index (χ2v) is 9.27. The van der Waals surface area contributed by atoms with Crippen molar-refractivity contribution in [3.05, 3.63) is 89.6 Å². The lowest BCUT2D eigenvalue weighted by Crippen LogP contribution is -2.35. The van der Waals surface area contributed by atoms with Crippen molar-refractivity contribution < 1.29 is 4.57 Å². The summed E-state index contributed by atoms with van der Waals surface area (Å²) >= 11 is 0. The van der Waals surface area contributed by atoms with Crippen LogP contribution in [0.15, 0.2) is 72.8 Å². The van der Waals surface area contributed by atoms with E-state index in [9.17, 15) is 0 Å². The van der Waals surface area contributed by atoms with E-state index in [1.165, 1.54) is 82.1 Å². The van der Waals surface area contributed by atoms with Gasteiger partial charge in [-0.25, -0.2) is 0 Å². The maximum absolute atomic E-state index is 2.47. The zero-order chi connectivity index (χ0) is 21.4. The molecule has 1 heteroatoms. The first-order valence-corrected chi connectivity index (χ1v) is 11.7. The second-order valence-electron chi connectivity index (χ2n) is 9.27. The van der Waals surface area contributed by atoms with Gasteiger partial charge in [0.1, 0.15) is 7.05 Å². The number of hydrogen-bond donors (Lipinski definition) is 0. The number of benzene rings is 3. The maximum atomic E-state index is 2.47. The van der Waals surface area contributed by atoms with Gasteiger partial charge in [-0.2, -0.15) is 4.57 Å². The fourth-order valence-electron chi connectivity index (χ4n) is 5.30. The molecule has 1 saturated carbocycles. The van der Waals surface area contributed by atoms with Crippen LogP contribution in [0.25, 0.3) is 33.2 Å². The van der Waals surface area contributed by atoms with Gasteiger partial charge < -0.3 is 0 Å². The van der Waals surface area contributed by atoms with E-state index in [-0.39, 0.29) is 0 Å². The summed E-state index contributed by atoms with van der Waals surface area (Å²) in [5.74, 6) is 0.735. The molecule has 0 bridgehead atoms. The first-order valence-electron chi connectivity index (χ1n) is 11.7. The topological polar surface area (TPSA) is 3.88 Å². The molecule has 0 N–H and O–H groups in total. The van der Waals surface area contributed by atoms with E-state index in [2.05, 4.69) is 98.3 Å². The Morgan fingerprint density at radius 2 is 1.52 bits per heavy atom. The van der Waals surface area contributed by atoms with E-state index < -0.39 is 0 Å². The van der Waals surface area contributed by atoms with Gasteiger partial charge in [0.15, 0.2) is 5.69 Å². The van der Waals surface area contributed by atoms with Gasteiger partial charge in [-0.3, -0.25) is 0 Å². The standard InChI is InChI=1S/C30H32N/c1-21-14-15-26(24-12-8-5-9-13-24)20-29(21)30-28-17-16-25(23-10-6-4-7-11-23)19-27(28)18-22(2)31(30)3/h5,8-9,12-20,23H,4,6-7,10-11H2,1-3H3/q+1. The first kappa shape index (κ1) is 20.0. The van der Waals surface area contributed by atoms with Gasteiger partial charge in [0.25, 0.3) is 0 Å². The lowest BCUT2D eigenvalue weighted by Gasteiger charge is -2.22. The average Bonchev–Trinajstić information content (AvgIpc) is 2.81. The summed E-state index contributed by atoms with van der Waals surface area (Å²) in [5.41, 5.74) is 9.33. The molecule has 31 heavy (non-hydrogen) atoms. The molecule has 1 aliphatic carbocycles. The van der Waals surface area contributed by atoms with Gasteiger partial charge in [-0.15, -0.1) is 0 Å². The molecular weight excluding hydrogens is 374 g/mol. The minimum absolute atomic E-state index is 0.735. The summed E-state index contributed by atoms with van der Waals surface area (Å²) in [7, 11) is 2.20. The van der Waals surface area contributed by atoms with E-state index in [0.29, 0.717) is 0 Å². The lowest BCUT2D eigenvalue weighted by molar-refractivity contribution is -0.665. The molecule has 0 saturated heterocycles. The molecule has 0 aliphatic heterocycles. The van der Waals surface area contributed by atoms with Gasteiger partial charge in [0.2, 0.25) is 5.69 Å². The summed E-state index contributed by atoms with van der Waals surface area (Å²) in [6, 6.07) is 27.2. The van der Waals surface area contributed by atoms with Crippen LogP contribution in [0.2, 0.25) is 0 Å². The highest BCUT2D eigenvalue weighted by Crippen LogP contribution is 2.37. The van der Waals surface area contributed by atoms with Crippen LogP contribution in [0, 0.1) is 13.8 Å². The SMILES string of the molecule is Cc1ccc(-c2ccccc2)cc1-c1c2ccc(C3CCCCC3)cc2cc(C)[n+]1C. The van der Waals surface area contributed by atoms with Crippen LogP contribution in [0.3, 0.4) is 0 Å². The molecule has 0 atom stereocenters. The van der Waals surface area contributed by atoms with Crippen molar-refractivity contribution in [3.63, 3.8) is 0 Å². The lowest BCUT2D eigenvalue weighted by atomic mass is 9.83. The van der Waals surface area contributed by atoms with Crippen molar-refractivity contribution in [2.75, 3.05) is 0 Å². The molecular formula is C30H32N+. The highest BCUT2D eigenvalue weighted by Gasteiger charge is 2.22. The van der Waals surface area contributed by atoms with E-state index in [4.69, 9.17) is 0 Å². The Bertz CT molecular complexity index is 1230. The van der Waals surface area contributed by atoms with Crippen molar-refractivity contribution in [1.29, 1.82) is 0 Å². The third-order valence-electron chi connectivity index (χ3n) is 7.24. The number of rotatable bonds is 3. The number of aryl methyl sites for hydroxylation is 2. The first-order chi connectivity index (χ1) is 15.1. The zero-order valence-electron chi connectivity index (χ0n) is 19.0. The number of aromatic nitrogens is 1. The summed E-state index contributed by atoms with van der Waals surface area (Å²) in [6.07, 6.45) is 6.84. The van der Waals surface area contributed by atoms with Gasteiger partial charge >= 0.3 is 0 Å². The monoisotopic (exact) mass is 406 g/mol. The van der Waals surface area contributed by atoms with Crippen LogP contribution in [0.5, 0.6) is 0 Å². The molecule has 1 aliphatic rings. The summed E-state index contributed by atoms with van der Waals surface area (Å²) in [5, 5.41) is 2.72. The largest absolute Gasteiger partial charge is 0.220 e. The molecule has 5 rings (SSSR count). The van der Waals surface area contributed by atoms with Gasteiger partial charge in [0.05, 0.1) is 10.9 Å². The van der Waals surface area contributed by atoms with Crippen LogP contribution in [-0.2, 0) is 7.05 Å². The van der Waals surface area contributed by atoms with Gasteiger partial charge in [-0.05, 0) is 65.5 Å². The molecule has 156 valence electrons. The summed E-state index contributed by atoms with van der Waals surface area (Å²) in [6.45, 7) is 4.46. The summed E-state index contributed by atoms with van der Waals surface area (Å²) in [4.78, 5) is 0. The summed E-state index contributed by atoms with van der Waals surface area (Å²) < 4.78 is 2.36. The Morgan fingerprint density at radius 1 is 0.742 bits per heavy atom. The molecule has 3 aromatic carbocycles. The fourth-order valence-corrected chi connectivity index (χ4v) is 5.30. The smallest absolute Gasteiger partial charge is 0.198 e. The average molecular weight is 407 g/mol. The van der Waals surface area contributed by atoms with Crippen LogP contribution in [0.1, 0.15) is 54.8 Å². The minimum atomic E-state index is 0.735. The predicted octanol–water partition coefficient (Wildman–Crippen LogP) is 7.66. The molecule has 0 amide bonds. The van der Waals surface area contributed by atoms with E-state index in [0.717, 1.165) is 5.92 Å². The Hall–Kier alpha value is -2.93. The van der Waals surface area contributed by atoms with Crippen molar-refractivity contribution in [2.45, 2.75) is 51.9 Å². The number of nitrogens with zero attached hydrogens (tertiary/aromatic N) is 1. The molecule has 1 heterocycles. The van der Waals surface area contributed by atoms with Crippen molar-refractivity contribution >= 4 is 10.8 Å². The molecule has 1 aromatic heterocycles. The molecule has 4 aromatic rings. The number of hydrogen-bond acceptors (Lipinski definition) is 0. The zero-order valence-corrected chi connectivity index (χ0v) is 19.0. The van der Waals surface area contributed by atoms with Gasteiger partial charge in [0, 0.05) is 13.0 Å². The molecule has 0 radical (unpaired) electrons. The van der Waals surface area contributed by atoms with Crippen molar-refractivity contribution in [1.82, 2.24) is 0 Å². The Kier molecular flexibility index (Phi) is 5.36. The van der Waals surface area contributed by atoms with Crippen molar-refractivity contribution in [3.8, 4) is 22.4 Å². The molecule has 1 fully saturated rings. The highest BCUT2D eigenvalue weighted by atomic mass is 14.9. The third-order valence-corrected chi connectivity index (χ3v) is 7.24. The molecule has 1 nitrogen and oxygen atoms in total. The van der Waals surface area contributed by atoms with E-state index in [1.807, 2.05) is 0 Å². The Morgan fingerprint density at radius 3 is 2.29 bits per heavy atom. The van der Waals surface area contributed by atoms with Crippen LogP contribution in [0.4, 0.5) is 0 Å². The minimum Gasteiger partial charge on any atom is -0.198 e. The predicted molar refractivity (Wildman–Crippen MR) is 131 cm³/mol. The normalized spacial score (nSPS) is 14.8. The molecule has 0 spiro atoms. The fraction of sp³-hybridized carbons (Fsp3) is 0.300. The van der Waals surface area contributed by atoms with E-state index >= 15 is 0 Å². The quantitative estimate of drug-likeness (QED) is 0.307. The maximum Gasteiger partial charge on any atom is 0.220 e. The van der Waals surface area contributed by atoms with Crippen LogP contribution >= 0.6 is 0 Å².